The van der Waals surface area contributed by atoms with Gasteiger partial charge in [0.2, 0.25) is 5.91 Å². The number of phosphoric ester groups is 1. The van der Waals surface area contributed by atoms with Gasteiger partial charge in [0.05, 0.1) is 39.9 Å². The third-order valence-electron chi connectivity index (χ3n) is 8.94. The molecule has 3 atom stereocenters. The number of allylic oxidation sites excluding steroid dienone is 19. The summed E-state index contributed by atoms with van der Waals surface area (Å²) in [6.45, 7) is 4.54. The van der Waals surface area contributed by atoms with Gasteiger partial charge in [-0.3, -0.25) is 13.8 Å². The molecule has 3 N–H and O–H groups in total. The van der Waals surface area contributed by atoms with Crippen LogP contribution in [0.3, 0.4) is 0 Å². The average molecular weight is 840 g/mol. The lowest BCUT2D eigenvalue weighted by atomic mass is 10.1. The van der Waals surface area contributed by atoms with Crippen LogP contribution >= 0.6 is 7.82 Å². The van der Waals surface area contributed by atoms with Crippen LogP contribution in [0.4, 0.5) is 0 Å². The molecule has 0 aromatic rings. The van der Waals surface area contributed by atoms with Crippen LogP contribution in [0.2, 0.25) is 0 Å². The van der Waals surface area contributed by atoms with Crippen molar-refractivity contribution in [3.63, 3.8) is 0 Å². The number of unbranched alkanes of at least 4 members (excludes halogenated alkanes) is 7. The van der Waals surface area contributed by atoms with Crippen molar-refractivity contribution >= 4 is 13.7 Å². The van der Waals surface area contributed by atoms with Crippen LogP contribution in [0.5, 0.6) is 0 Å². The number of hydrogen-bond donors (Lipinski definition) is 3. The Bertz CT molecular complexity index is 1370. The summed E-state index contributed by atoms with van der Waals surface area (Å²) >= 11 is 0. The average Bonchev–Trinajstić information content (AvgIpc) is 3.19. The first-order chi connectivity index (χ1) is 28.5. The van der Waals surface area contributed by atoms with Gasteiger partial charge in [0.15, 0.2) is 0 Å². The van der Waals surface area contributed by atoms with Gasteiger partial charge in [0.1, 0.15) is 13.2 Å². The van der Waals surface area contributed by atoms with Gasteiger partial charge in [0.25, 0.3) is 0 Å². The predicted molar refractivity (Wildman–Crippen MR) is 253 cm³/mol. The zero-order chi connectivity index (χ0) is 43.6. The predicted octanol–water partition coefficient (Wildman–Crippen LogP) is 12.7. The number of quaternary nitrogens is 1. The van der Waals surface area contributed by atoms with Gasteiger partial charge in [-0.15, -0.1) is 0 Å². The molecule has 0 heterocycles. The Hall–Kier alpha value is -3.10. The van der Waals surface area contributed by atoms with Crippen LogP contribution in [0.25, 0.3) is 0 Å². The van der Waals surface area contributed by atoms with Gasteiger partial charge in [-0.25, -0.2) is 4.57 Å². The first kappa shape index (κ1) is 55.9. The van der Waals surface area contributed by atoms with Crippen LogP contribution in [-0.2, 0) is 18.4 Å². The van der Waals surface area contributed by atoms with Crippen molar-refractivity contribution in [3.8, 4) is 0 Å². The molecular weight excluding hydrogens is 756 g/mol. The van der Waals surface area contributed by atoms with E-state index in [0.717, 1.165) is 103 Å². The van der Waals surface area contributed by atoms with Crippen LogP contribution in [-0.4, -0.2) is 73.4 Å². The molecule has 0 aliphatic heterocycles. The maximum Gasteiger partial charge on any atom is 0.472 e. The first-order valence-electron chi connectivity index (χ1n) is 22.4. The lowest BCUT2D eigenvalue weighted by Crippen LogP contribution is -2.45. The minimum Gasteiger partial charge on any atom is -0.387 e. The highest BCUT2D eigenvalue weighted by molar-refractivity contribution is 7.47. The highest BCUT2D eigenvalue weighted by atomic mass is 31.2. The van der Waals surface area contributed by atoms with Crippen molar-refractivity contribution in [2.45, 2.75) is 148 Å². The molecule has 0 bridgehead atoms. The number of aliphatic hydroxyl groups is 1. The Balaban J connectivity index is 4.22. The van der Waals surface area contributed by atoms with E-state index in [1.54, 1.807) is 6.08 Å². The smallest absolute Gasteiger partial charge is 0.387 e. The van der Waals surface area contributed by atoms with Crippen molar-refractivity contribution in [3.05, 3.63) is 122 Å². The Labute approximate surface area is 361 Å². The normalized spacial score (nSPS) is 15.4. The monoisotopic (exact) mass is 840 g/mol. The second-order valence-corrected chi connectivity index (χ2v) is 17.1. The van der Waals surface area contributed by atoms with Crippen LogP contribution < -0.4 is 5.32 Å². The molecular formula is C50H84N2O6P+. The second-order valence-electron chi connectivity index (χ2n) is 15.7. The fourth-order valence-corrected chi connectivity index (χ4v) is 6.12. The van der Waals surface area contributed by atoms with Crippen molar-refractivity contribution in [2.24, 2.45) is 0 Å². The quantitative estimate of drug-likeness (QED) is 0.0248. The van der Waals surface area contributed by atoms with E-state index in [2.05, 4.69) is 129 Å². The largest absolute Gasteiger partial charge is 0.472 e. The summed E-state index contributed by atoms with van der Waals surface area (Å²) in [6, 6.07) is -0.870. The first-order valence-corrected chi connectivity index (χ1v) is 23.9. The molecule has 0 saturated heterocycles. The molecule has 0 saturated carbocycles. The SMILES string of the molecule is CC/C=C\C/C=C\C/C=C\C/C=C\C/C=C\C/C=C\C/C=C\C/C=C\C/C=C\CCCCCC(=O)NC(COP(=O)(O)OCC[N+](C)(C)C)C(O)/C=C/CCCCCC. The van der Waals surface area contributed by atoms with E-state index in [1.807, 2.05) is 27.2 Å². The highest BCUT2D eigenvalue weighted by Gasteiger charge is 2.27. The summed E-state index contributed by atoms with van der Waals surface area (Å²) in [5, 5.41) is 13.6. The molecule has 1 amide bonds. The molecule has 334 valence electrons. The maximum atomic E-state index is 12.8. The Morgan fingerprint density at radius 1 is 0.593 bits per heavy atom. The topological polar surface area (TPSA) is 105 Å². The molecule has 9 heteroatoms. The number of carbonyl (C=O) groups is 1. The molecule has 0 aliphatic rings. The Kier molecular flexibility index (Phi) is 38.2. The summed E-state index contributed by atoms with van der Waals surface area (Å²) in [5.74, 6) is -0.222. The van der Waals surface area contributed by atoms with Crippen molar-refractivity contribution in [2.75, 3.05) is 40.9 Å². The molecule has 0 fully saturated rings. The van der Waals surface area contributed by atoms with Crippen LogP contribution in [0.1, 0.15) is 136 Å². The highest BCUT2D eigenvalue weighted by Crippen LogP contribution is 2.43. The minimum absolute atomic E-state index is 0.0465. The number of likely N-dealkylation sites (N-methyl/N-ethyl adjacent to an activating group) is 1. The summed E-state index contributed by atoms with van der Waals surface area (Å²) in [5.41, 5.74) is 0. The number of phosphoric acid groups is 1. The lowest BCUT2D eigenvalue weighted by molar-refractivity contribution is -0.870. The second kappa shape index (κ2) is 40.3. The zero-order valence-corrected chi connectivity index (χ0v) is 38.6. The maximum absolute atomic E-state index is 12.8. The molecule has 0 radical (unpaired) electrons. The third-order valence-corrected chi connectivity index (χ3v) is 9.92. The molecule has 3 unspecified atom stereocenters. The van der Waals surface area contributed by atoms with E-state index in [4.69, 9.17) is 9.05 Å². The molecule has 0 rings (SSSR count). The zero-order valence-electron chi connectivity index (χ0n) is 37.7. The fourth-order valence-electron chi connectivity index (χ4n) is 5.38. The van der Waals surface area contributed by atoms with E-state index in [0.29, 0.717) is 23.9 Å². The van der Waals surface area contributed by atoms with Crippen molar-refractivity contribution < 1.29 is 32.9 Å². The Morgan fingerprint density at radius 2 is 1.02 bits per heavy atom. The van der Waals surface area contributed by atoms with Gasteiger partial charge in [-0.05, 0) is 89.9 Å². The summed E-state index contributed by atoms with van der Waals surface area (Å²) < 4.78 is 23.4. The van der Waals surface area contributed by atoms with Crippen molar-refractivity contribution in [1.82, 2.24) is 5.32 Å². The minimum atomic E-state index is -4.34. The standard InChI is InChI=1S/C50H83N2O6P/c1-6-8-10-12-14-15-16-17-18-19-20-21-22-23-24-25-26-27-28-29-30-31-32-33-34-35-36-37-38-40-42-44-50(54)51-48(49(53)43-41-39-13-11-9-7-2)47-58-59(55,56)57-46-45-52(3,4)5/h8,10,14-15,17-18,20-21,23-24,26-27,29-30,32-33,35-36,41,43,48-49,53H,6-7,9,11-13,16,19,22,25,28,31,34,37-40,42,44-47H2,1-5H3,(H-,51,54,55,56)/p+1/b10-8-,15-14-,18-17-,21-20-,24-23-,27-26-,30-29-,33-32-,36-35-,43-41+. The molecule has 0 aliphatic carbocycles. The van der Waals surface area contributed by atoms with E-state index in [1.165, 1.54) is 6.42 Å². The molecule has 0 aromatic heterocycles. The summed E-state index contributed by atoms with van der Waals surface area (Å²) in [4.78, 5) is 22.9. The van der Waals surface area contributed by atoms with Gasteiger partial charge in [-0.1, -0.05) is 161 Å². The van der Waals surface area contributed by atoms with E-state index < -0.39 is 20.0 Å². The molecule has 0 spiro atoms. The number of aliphatic hydroxyl groups excluding tert-OH is 1. The van der Waals surface area contributed by atoms with Gasteiger partial charge in [0, 0.05) is 6.42 Å². The number of nitrogens with one attached hydrogen (secondary N) is 1. The third kappa shape index (κ3) is 42.8. The number of nitrogens with zero attached hydrogens (tertiary/aromatic N) is 1. The lowest BCUT2D eigenvalue weighted by Gasteiger charge is -2.25. The van der Waals surface area contributed by atoms with Gasteiger partial charge >= 0.3 is 7.82 Å². The Morgan fingerprint density at radius 3 is 1.46 bits per heavy atom. The number of carbonyl (C=O) groups excluding carboxylic acids is 1. The van der Waals surface area contributed by atoms with E-state index in [9.17, 15) is 19.4 Å². The van der Waals surface area contributed by atoms with E-state index in [-0.39, 0.29) is 19.1 Å². The van der Waals surface area contributed by atoms with Crippen LogP contribution in [0, 0.1) is 0 Å². The molecule has 8 nitrogen and oxygen atoms in total. The van der Waals surface area contributed by atoms with E-state index >= 15 is 0 Å². The van der Waals surface area contributed by atoms with Crippen molar-refractivity contribution in [1.29, 1.82) is 0 Å². The van der Waals surface area contributed by atoms with Crippen LogP contribution in [0.15, 0.2) is 122 Å². The fraction of sp³-hybridized carbons (Fsp3) is 0.580. The van der Waals surface area contributed by atoms with Gasteiger partial charge in [-0.2, -0.15) is 0 Å². The molecule has 0 aromatic carbocycles. The van der Waals surface area contributed by atoms with Gasteiger partial charge < -0.3 is 19.8 Å². The summed E-state index contributed by atoms with van der Waals surface area (Å²) in [7, 11) is 1.52. The number of amides is 1. The number of rotatable bonds is 38. The molecule has 59 heavy (non-hydrogen) atoms. The summed E-state index contributed by atoms with van der Waals surface area (Å²) in [6.07, 6.45) is 60.3. The number of hydrogen-bond acceptors (Lipinski definition) is 5.